The molecular weight excluding hydrogens is 923 g/mol. The van der Waals surface area contributed by atoms with E-state index in [1.165, 1.54) is 35.8 Å². The number of nitrogens with one attached hydrogen (secondary N) is 1. The number of thiazole rings is 1. The van der Waals surface area contributed by atoms with E-state index in [0.29, 0.717) is 73.9 Å². The summed E-state index contributed by atoms with van der Waals surface area (Å²) in [4.78, 5) is 77.5. The van der Waals surface area contributed by atoms with Gasteiger partial charge in [0, 0.05) is 29.9 Å². The number of benzene rings is 4. The third kappa shape index (κ3) is 17.7. The van der Waals surface area contributed by atoms with Crippen molar-refractivity contribution in [3.8, 4) is 23.0 Å². The topological polar surface area (TPSA) is 214 Å². The monoisotopic (exact) mass is 973 g/mol. The minimum Gasteiger partial charge on any atom is -0.494 e. The number of unbranched alkanes of at least 4 members (excludes halogenated alkanes) is 2. The van der Waals surface area contributed by atoms with Gasteiger partial charge in [-0.15, -0.1) is 0 Å². The molecule has 4 aromatic carbocycles. The molecular formula is C52H51N3O14S. The Labute approximate surface area is 408 Å². The number of nitrogens with zero attached hydrogens (tertiary/aromatic N) is 2. The first-order valence-electron chi connectivity index (χ1n) is 21.9. The molecule has 0 aliphatic carbocycles. The lowest BCUT2D eigenvalue weighted by Gasteiger charge is -2.16. The smallest absolute Gasteiger partial charge is 0.343 e. The molecule has 1 aromatic heterocycles. The molecule has 2 atom stereocenters. The Balaban J connectivity index is 1.16. The number of carbonyl (C=O) groups excluding carboxylic acids is 6. The summed E-state index contributed by atoms with van der Waals surface area (Å²) in [5, 5.41) is 4.86. The van der Waals surface area contributed by atoms with E-state index < -0.39 is 48.0 Å². The maximum atomic E-state index is 13.4. The number of ether oxygens (including phenoxy) is 8. The van der Waals surface area contributed by atoms with E-state index >= 15 is 0 Å². The van der Waals surface area contributed by atoms with E-state index in [4.69, 9.17) is 37.9 Å². The summed E-state index contributed by atoms with van der Waals surface area (Å²) in [6, 6.07) is 24.8. The summed E-state index contributed by atoms with van der Waals surface area (Å²) in [7, 11) is 0. The van der Waals surface area contributed by atoms with Gasteiger partial charge in [0.05, 0.1) is 40.8 Å². The van der Waals surface area contributed by atoms with Crippen molar-refractivity contribution in [1.29, 1.82) is 0 Å². The highest BCUT2D eigenvalue weighted by atomic mass is 32.1. The highest BCUT2D eigenvalue weighted by molar-refractivity contribution is 7.22. The fourth-order valence-corrected chi connectivity index (χ4v) is 6.95. The van der Waals surface area contributed by atoms with E-state index in [-0.39, 0.29) is 35.8 Å². The Morgan fingerprint density at radius 1 is 0.600 bits per heavy atom. The van der Waals surface area contributed by atoms with Crippen LogP contribution in [-0.4, -0.2) is 85.6 Å². The Bertz CT molecular complexity index is 2630. The first kappa shape index (κ1) is 52.6. The molecule has 0 saturated carbocycles. The average Bonchev–Trinajstić information content (AvgIpc) is 3.80. The minimum atomic E-state index is -0.672. The summed E-state index contributed by atoms with van der Waals surface area (Å²) in [6.45, 7) is 13.9. The second kappa shape index (κ2) is 28.1. The van der Waals surface area contributed by atoms with Gasteiger partial charge >= 0.3 is 35.8 Å². The zero-order chi connectivity index (χ0) is 50.1. The number of esters is 6. The Kier molecular flexibility index (Phi) is 21.1. The molecule has 17 nitrogen and oxygen atoms in total. The molecule has 0 radical (unpaired) electrons. The number of aromatic nitrogens is 1. The zero-order valence-electron chi connectivity index (χ0n) is 38.1. The predicted molar refractivity (Wildman–Crippen MR) is 261 cm³/mol. The zero-order valence-corrected chi connectivity index (χ0v) is 38.9. The van der Waals surface area contributed by atoms with Crippen LogP contribution in [-0.2, 0) is 38.1 Å². The van der Waals surface area contributed by atoms with Crippen LogP contribution >= 0.6 is 11.3 Å². The van der Waals surface area contributed by atoms with Gasteiger partial charge in [-0.1, -0.05) is 49.8 Å². The van der Waals surface area contributed by atoms with Crippen LogP contribution in [0.1, 0.15) is 64.8 Å². The van der Waals surface area contributed by atoms with Crippen LogP contribution in [0.5, 0.6) is 23.0 Å². The normalized spacial score (nSPS) is 11.5. The van der Waals surface area contributed by atoms with E-state index in [1.54, 1.807) is 48.5 Å². The second-order valence-corrected chi connectivity index (χ2v) is 15.8. The molecule has 0 fully saturated rings. The molecule has 70 heavy (non-hydrogen) atoms. The molecule has 2 unspecified atom stereocenters. The first-order valence-corrected chi connectivity index (χ1v) is 22.7. The van der Waals surface area contributed by atoms with Gasteiger partial charge in [0.15, 0.2) is 0 Å². The number of hydrogen-bond acceptors (Lipinski definition) is 18. The number of anilines is 1. The van der Waals surface area contributed by atoms with Crippen LogP contribution in [0.25, 0.3) is 10.2 Å². The van der Waals surface area contributed by atoms with E-state index in [9.17, 15) is 28.8 Å². The molecule has 0 aliphatic heterocycles. The number of hydrazone groups is 1. The quantitative estimate of drug-likeness (QED) is 0.00900. The van der Waals surface area contributed by atoms with Gasteiger partial charge in [-0.3, -0.25) is 5.43 Å². The second-order valence-electron chi connectivity index (χ2n) is 14.8. The van der Waals surface area contributed by atoms with Gasteiger partial charge < -0.3 is 37.9 Å². The van der Waals surface area contributed by atoms with Crippen LogP contribution in [0.2, 0.25) is 0 Å². The number of hydrogen-bond donors (Lipinski definition) is 1. The number of para-hydroxylation sites is 1. The van der Waals surface area contributed by atoms with Gasteiger partial charge in [0.1, 0.15) is 48.4 Å². The van der Waals surface area contributed by atoms with Crippen molar-refractivity contribution in [1.82, 2.24) is 4.98 Å². The highest BCUT2D eigenvalue weighted by Gasteiger charge is 2.18. The van der Waals surface area contributed by atoms with E-state index in [0.717, 1.165) is 34.5 Å². The van der Waals surface area contributed by atoms with Crippen molar-refractivity contribution in [2.24, 2.45) is 5.10 Å². The Morgan fingerprint density at radius 2 is 1.10 bits per heavy atom. The van der Waals surface area contributed by atoms with Gasteiger partial charge in [-0.2, -0.15) is 5.10 Å². The van der Waals surface area contributed by atoms with Gasteiger partial charge in [-0.05, 0) is 117 Å². The summed E-state index contributed by atoms with van der Waals surface area (Å²) in [6.07, 6.45) is 7.46. The largest absolute Gasteiger partial charge is 0.494 e. The summed E-state index contributed by atoms with van der Waals surface area (Å²) in [5.74, 6) is -2.53. The third-order valence-corrected chi connectivity index (χ3v) is 10.6. The Hall–Kier alpha value is -8.38. The van der Waals surface area contributed by atoms with Gasteiger partial charge in [-0.25, -0.2) is 33.8 Å². The third-order valence-electron chi connectivity index (χ3n) is 9.67. The standard InChI is InChI=1S/C52H51N3O14S/c1-5-46(56)64-33-41(66-48(58)7-3)15-11-13-29-62-38-23-19-35(20-24-38)50(60)68-40-27-28-44(37(31-40)32-53-55-52-54-43-17-9-10-18-45(43)70-52)69-51(61)36-21-25-39(26-22-36)63-30-14-12-16-42(67-49(59)8-4)34-65-47(57)6-2/h5-10,17-28,31-32,41-42H,1-4,11-16,29-30,33-34H2,(H,54,55)/b53-32+. The van der Waals surface area contributed by atoms with Gasteiger partial charge in [0.25, 0.3) is 0 Å². The van der Waals surface area contributed by atoms with Crippen molar-refractivity contribution in [2.75, 3.05) is 31.9 Å². The van der Waals surface area contributed by atoms with Crippen LogP contribution < -0.4 is 24.4 Å². The molecule has 5 rings (SSSR count). The lowest BCUT2D eigenvalue weighted by molar-refractivity contribution is -0.153. The fraction of sp³-hybridized carbons (Fsp3) is 0.231. The summed E-state index contributed by atoms with van der Waals surface area (Å²) >= 11 is 1.40. The summed E-state index contributed by atoms with van der Waals surface area (Å²) in [5.41, 5.74) is 4.49. The maximum Gasteiger partial charge on any atom is 0.343 e. The summed E-state index contributed by atoms with van der Waals surface area (Å²) < 4.78 is 44.7. The van der Waals surface area contributed by atoms with E-state index in [1.807, 2.05) is 24.3 Å². The number of carbonyl (C=O) groups is 6. The lowest BCUT2D eigenvalue weighted by atomic mass is 10.1. The van der Waals surface area contributed by atoms with Crippen molar-refractivity contribution in [3.05, 3.63) is 158 Å². The average molecular weight is 974 g/mol. The Morgan fingerprint density at radius 3 is 1.61 bits per heavy atom. The molecule has 1 N–H and O–H groups in total. The first-order chi connectivity index (χ1) is 34.0. The molecule has 364 valence electrons. The van der Waals surface area contributed by atoms with Crippen LogP contribution in [0.15, 0.2) is 147 Å². The van der Waals surface area contributed by atoms with Gasteiger partial charge in [0.2, 0.25) is 5.13 Å². The fourth-order valence-electron chi connectivity index (χ4n) is 6.13. The number of rotatable bonds is 29. The van der Waals surface area contributed by atoms with Crippen LogP contribution in [0, 0.1) is 0 Å². The SMILES string of the molecule is C=CC(=O)OCC(CCCCOc1ccc(C(=O)Oc2ccc(OC(=O)c3ccc(OCCCCC(COC(=O)C=C)OC(=O)C=C)cc3)c(/C=N/Nc3nc4ccccc4s3)c2)cc1)OC(=O)C=C. The molecule has 0 amide bonds. The molecule has 5 aromatic rings. The maximum absolute atomic E-state index is 13.4. The molecule has 0 bridgehead atoms. The molecule has 0 aliphatic rings. The number of fused-ring (bicyclic) bond motifs is 1. The van der Waals surface area contributed by atoms with Crippen LogP contribution in [0.4, 0.5) is 5.13 Å². The van der Waals surface area contributed by atoms with Crippen molar-refractivity contribution >= 4 is 68.7 Å². The molecule has 0 saturated heterocycles. The van der Waals surface area contributed by atoms with E-state index in [2.05, 4.69) is 41.8 Å². The van der Waals surface area contributed by atoms with Crippen LogP contribution in [0.3, 0.4) is 0 Å². The minimum absolute atomic E-state index is 0.113. The van der Waals surface area contributed by atoms with Crippen molar-refractivity contribution < 1.29 is 66.7 Å². The lowest BCUT2D eigenvalue weighted by Crippen LogP contribution is -2.24. The molecule has 0 spiro atoms. The van der Waals surface area contributed by atoms with Crippen molar-refractivity contribution in [2.45, 2.75) is 50.7 Å². The highest BCUT2D eigenvalue weighted by Crippen LogP contribution is 2.28. The molecule has 1 heterocycles. The molecule has 18 heteroatoms. The predicted octanol–water partition coefficient (Wildman–Crippen LogP) is 8.93. The van der Waals surface area contributed by atoms with Crippen molar-refractivity contribution in [3.63, 3.8) is 0 Å².